The molecule has 3 heteroatoms. The minimum absolute atomic E-state index is 0.666. The lowest BCUT2D eigenvalue weighted by Gasteiger charge is -2.25. The van der Waals surface area contributed by atoms with Gasteiger partial charge in [-0.05, 0) is 31.2 Å². The third-order valence-corrected chi connectivity index (χ3v) is 3.84. The Balaban J connectivity index is 2.04. The van der Waals surface area contributed by atoms with Crippen molar-refractivity contribution in [1.82, 2.24) is 5.32 Å². The van der Waals surface area contributed by atoms with Crippen molar-refractivity contribution >= 4 is 11.8 Å². The molecule has 1 saturated heterocycles. The maximum atomic E-state index is 5.18. The van der Waals surface area contributed by atoms with Gasteiger partial charge in [-0.2, -0.15) is 0 Å². The number of rotatable bonds is 4. The summed E-state index contributed by atoms with van der Waals surface area (Å²) in [4.78, 5) is 1.39. The zero-order valence-electron chi connectivity index (χ0n) is 9.25. The maximum absolute atomic E-state index is 5.18. The number of hydrogen-bond acceptors (Lipinski definition) is 3. The molecule has 0 amide bonds. The molecule has 82 valence electrons. The number of hydrogen-bond donors (Lipinski definition) is 1. The Morgan fingerprint density at radius 1 is 1.47 bits per heavy atom. The molecule has 15 heavy (non-hydrogen) atoms. The largest absolute Gasteiger partial charge is 0.379 e. The van der Waals surface area contributed by atoms with E-state index in [4.69, 9.17) is 4.74 Å². The molecule has 1 aromatic rings. The van der Waals surface area contributed by atoms with Gasteiger partial charge in [0.1, 0.15) is 0 Å². The highest BCUT2D eigenvalue weighted by Gasteiger charge is 2.20. The van der Waals surface area contributed by atoms with Crippen LogP contribution in [0.2, 0.25) is 0 Å². The first kappa shape index (κ1) is 11.0. The quantitative estimate of drug-likeness (QED) is 0.845. The minimum atomic E-state index is 0.666. The number of benzene rings is 1. The van der Waals surface area contributed by atoms with Crippen LogP contribution in [0, 0.1) is 6.92 Å². The smallest absolute Gasteiger partial charge is 0.0611 e. The van der Waals surface area contributed by atoms with E-state index in [9.17, 15) is 0 Å². The van der Waals surface area contributed by atoms with Crippen molar-refractivity contribution in [2.24, 2.45) is 0 Å². The predicted molar refractivity (Wildman–Crippen MR) is 64.4 cm³/mol. The highest BCUT2D eigenvalue weighted by atomic mass is 32.2. The molecule has 0 aromatic heterocycles. The Bertz CT molecular complexity index is 336. The molecule has 1 N–H and O–H groups in total. The average molecular weight is 223 g/mol. The fraction of sp³-hybridized carbons (Fsp3) is 0.500. The highest BCUT2D eigenvalue weighted by molar-refractivity contribution is 8.00. The lowest BCUT2D eigenvalue weighted by Crippen LogP contribution is -2.30. The molecule has 2 rings (SSSR count). The molecular weight excluding hydrogens is 206 g/mol. The van der Waals surface area contributed by atoms with Crippen molar-refractivity contribution in [3.8, 4) is 0 Å². The Hall–Kier alpha value is -0.510. The van der Waals surface area contributed by atoms with E-state index in [0.29, 0.717) is 5.25 Å². The van der Waals surface area contributed by atoms with Gasteiger partial charge in [0.05, 0.1) is 18.5 Å². The third kappa shape index (κ3) is 2.74. The van der Waals surface area contributed by atoms with Gasteiger partial charge in [0, 0.05) is 11.4 Å². The van der Waals surface area contributed by atoms with Crippen LogP contribution in [0.5, 0.6) is 0 Å². The molecule has 0 atom stereocenters. The van der Waals surface area contributed by atoms with Crippen molar-refractivity contribution in [2.45, 2.75) is 23.6 Å². The molecule has 0 unspecified atom stereocenters. The average Bonchev–Trinajstić information content (AvgIpc) is 2.14. The number of thioether (sulfide) groups is 1. The topological polar surface area (TPSA) is 21.3 Å². The van der Waals surface area contributed by atoms with Crippen LogP contribution in [0.4, 0.5) is 0 Å². The van der Waals surface area contributed by atoms with E-state index in [1.54, 1.807) is 0 Å². The monoisotopic (exact) mass is 223 g/mol. The SMILES string of the molecule is CNCc1ccc(SC2COC2)c(C)c1. The van der Waals surface area contributed by atoms with E-state index in [1.165, 1.54) is 16.0 Å². The van der Waals surface area contributed by atoms with Gasteiger partial charge >= 0.3 is 0 Å². The molecule has 1 aromatic carbocycles. The van der Waals surface area contributed by atoms with E-state index < -0.39 is 0 Å². The molecule has 0 radical (unpaired) electrons. The standard InChI is InChI=1S/C12H17NOS/c1-9-5-10(6-13-2)3-4-12(9)15-11-7-14-8-11/h3-5,11,13H,6-8H2,1-2H3. The van der Waals surface area contributed by atoms with E-state index in [2.05, 4.69) is 30.4 Å². The summed E-state index contributed by atoms with van der Waals surface area (Å²) in [5.74, 6) is 0. The first-order valence-corrected chi connectivity index (χ1v) is 6.16. The Kier molecular flexibility index (Phi) is 3.67. The molecule has 0 saturated carbocycles. The van der Waals surface area contributed by atoms with E-state index in [0.717, 1.165) is 19.8 Å². The van der Waals surface area contributed by atoms with Crippen molar-refractivity contribution in [1.29, 1.82) is 0 Å². The molecule has 1 aliphatic heterocycles. The van der Waals surface area contributed by atoms with Crippen LogP contribution in [-0.4, -0.2) is 25.5 Å². The second-order valence-corrected chi connectivity index (χ2v) is 5.25. The molecule has 0 aliphatic carbocycles. The second-order valence-electron chi connectivity index (χ2n) is 3.91. The number of aryl methyl sites for hydroxylation is 1. The van der Waals surface area contributed by atoms with Crippen molar-refractivity contribution in [2.75, 3.05) is 20.3 Å². The first-order chi connectivity index (χ1) is 7.29. The molecule has 1 heterocycles. The van der Waals surface area contributed by atoms with Crippen LogP contribution in [0.3, 0.4) is 0 Å². The molecular formula is C12H17NOS. The molecule has 2 nitrogen and oxygen atoms in total. The Morgan fingerprint density at radius 3 is 2.80 bits per heavy atom. The van der Waals surface area contributed by atoms with Crippen molar-refractivity contribution in [3.05, 3.63) is 29.3 Å². The van der Waals surface area contributed by atoms with Gasteiger partial charge in [-0.3, -0.25) is 0 Å². The highest BCUT2D eigenvalue weighted by Crippen LogP contribution is 2.30. The van der Waals surface area contributed by atoms with Crippen LogP contribution in [0.25, 0.3) is 0 Å². The van der Waals surface area contributed by atoms with Crippen LogP contribution in [0.1, 0.15) is 11.1 Å². The Labute approximate surface area is 95.4 Å². The summed E-state index contributed by atoms with van der Waals surface area (Å²) in [7, 11) is 1.98. The maximum Gasteiger partial charge on any atom is 0.0611 e. The molecule has 1 aliphatic rings. The molecule has 0 bridgehead atoms. The van der Waals surface area contributed by atoms with Gasteiger partial charge in [-0.25, -0.2) is 0 Å². The van der Waals surface area contributed by atoms with Gasteiger partial charge in [-0.15, -0.1) is 11.8 Å². The van der Waals surface area contributed by atoms with Gasteiger partial charge < -0.3 is 10.1 Å². The van der Waals surface area contributed by atoms with Crippen LogP contribution in [0.15, 0.2) is 23.1 Å². The van der Waals surface area contributed by atoms with E-state index in [1.807, 2.05) is 18.8 Å². The zero-order valence-corrected chi connectivity index (χ0v) is 10.1. The van der Waals surface area contributed by atoms with E-state index >= 15 is 0 Å². The van der Waals surface area contributed by atoms with Crippen LogP contribution < -0.4 is 5.32 Å². The van der Waals surface area contributed by atoms with Crippen molar-refractivity contribution < 1.29 is 4.74 Å². The summed E-state index contributed by atoms with van der Waals surface area (Å²) in [6, 6.07) is 6.69. The lowest BCUT2D eigenvalue weighted by molar-refractivity contribution is 0.0455. The summed E-state index contributed by atoms with van der Waals surface area (Å²) in [5, 5.41) is 3.83. The van der Waals surface area contributed by atoms with Gasteiger partial charge in [0.2, 0.25) is 0 Å². The summed E-state index contributed by atoms with van der Waals surface area (Å²) < 4.78 is 5.18. The van der Waals surface area contributed by atoms with E-state index in [-0.39, 0.29) is 0 Å². The van der Waals surface area contributed by atoms with Gasteiger partial charge in [0.25, 0.3) is 0 Å². The first-order valence-electron chi connectivity index (χ1n) is 5.28. The summed E-state index contributed by atoms with van der Waals surface area (Å²) in [6.07, 6.45) is 0. The lowest BCUT2D eigenvalue weighted by atomic mass is 10.1. The van der Waals surface area contributed by atoms with Crippen LogP contribution >= 0.6 is 11.8 Å². The third-order valence-electron chi connectivity index (χ3n) is 2.52. The molecule has 1 fully saturated rings. The Morgan fingerprint density at radius 2 is 2.27 bits per heavy atom. The van der Waals surface area contributed by atoms with Gasteiger partial charge in [0.15, 0.2) is 0 Å². The van der Waals surface area contributed by atoms with Gasteiger partial charge in [-0.1, -0.05) is 12.1 Å². The van der Waals surface area contributed by atoms with Crippen molar-refractivity contribution in [3.63, 3.8) is 0 Å². The second kappa shape index (κ2) is 5.01. The minimum Gasteiger partial charge on any atom is -0.379 e. The fourth-order valence-electron chi connectivity index (χ4n) is 1.62. The zero-order chi connectivity index (χ0) is 10.7. The normalized spacial score (nSPS) is 16.4. The summed E-state index contributed by atoms with van der Waals surface area (Å²) in [6.45, 7) is 4.93. The molecule has 0 spiro atoms. The number of nitrogens with one attached hydrogen (secondary N) is 1. The number of ether oxygens (including phenoxy) is 1. The van der Waals surface area contributed by atoms with Crippen LogP contribution in [-0.2, 0) is 11.3 Å². The summed E-state index contributed by atoms with van der Waals surface area (Å²) >= 11 is 1.94. The fourth-order valence-corrected chi connectivity index (χ4v) is 2.70. The summed E-state index contributed by atoms with van der Waals surface area (Å²) in [5.41, 5.74) is 2.73. The predicted octanol–water partition coefficient (Wildman–Crippen LogP) is 2.21.